The molecule has 0 fully saturated rings. The fourth-order valence-electron chi connectivity index (χ4n) is 2.93. The maximum atomic E-state index is 11.7. The third-order valence-electron chi connectivity index (χ3n) is 4.60. The first kappa shape index (κ1) is 29.1. The Morgan fingerprint density at radius 2 is 1.64 bits per heavy atom. The molecule has 10 nitrogen and oxygen atoms in total. The van der Waals surface area contributed by atoms with Gasteiger partial charge in [0.1, 0.15) is 43.5 Å². The highest BCUT2D eigenvalue weighted by Gasteiger charge is 2.13. The van der Waals surface area contributed by atoms with Crippen LogP contribution in [0.3, 0.4) is 0 Å². The van der Waals surface area contributed by atoms with Gasteiger partial charge in [0.25, 0.3) is 0 Å². The van der Waals surface area contributed by atoms with E-state index >= 15 is 0 Å². The zero-order valence-corrected chi connectivity index (χ0v) is 19.8. The molecule has 0 amide bonds. The number of esters is 2. The number of furan rings is 1. The lowest BCUT2D eigenvalue weighted by Crippen LogP contribution is -2.25. The van der Waals surface area contributed by atoms with Gasteiger partial charge in [-0.1, -0.05) is 19.3 Å². The van der Waals surface area contributed by atoms with Crippen molar-refractivity contribution in [2.45, 2.75) is 70.9 Å². The van der Waals surface area contributed by atoms with Crippen molar-refractivity contribution in [3.8, 4) is 0 Å². The van der Waals surface area contributed by atoms with Crippen molar-refractivity contribution in [1.82, 2.24) is 5.32 Å². The molecule has 190 valence electrons. The quantitative estimate of drug-likeness (QED) is 0.190. The molecule has 0 bridgehead atoms. The average Bonchev–Trinajstić information content (AvgIpc) is 3.23. The van der Waals surface area contributed by atoms with Gasteiger partial charge < -0.3 is 38.9 Å². The number of ether oxygens (including phenoxy) is 4. The second kappa shape index (κ2) is 18.4. The monoisotopic (exact) mass is 473 g/mol. The minimum atomic E-state index is -0.912. The van der Waals surface area contributed by atoms with Crippen LogP contribution >= 0.6 is 0 Å². The third kappa shape index (κ3) is 15.5. The Bertz CT molecular complexity index is 650. The normalized spacial score (nSPS) is 13.0. The molecule has 0 saturated heterocycles. The van der Waals surface area contributed by atoms with E-state index in [-0.39, 0.29) is 45.6 Å². The van der Waals surface area contributed by atoms with E-state index in [1.165, 1.54) is 6.92 Å². The molecule has 3 N–H and O–H groups in total. The lowest BCUT2D eigenvalue weighted by molar-refractivity contribution is -0.152. The van der Waals surface area contributed by atoms with E-state index in [9.17, 15) is 14.7 Å². The summed E-state index contributed by atoms with van der Waals surface area (Å²) in [5.41, 5.74) is 0. The molecule has 0 saturated carbocycles. The topological polar surface area (TPSA) is 137 Å². The fourth-order valence-corrected chi connectivity index (χ4v) is 2.93. The summed E-state index contributed by atoms with van der Waals surface area (Å²) in [6.45, 7) is 2.19. The SMILES string of the molecule is CNCCCCCCCC(=O)OCC(O)COCc1ccc(COCC(CO)OC(C)=O)o1. The van der Waals surface area contributed by atoms with Crippen LogP contribution in [0.2, 0.25) is 0 Å². The molecule has 0 aliphatic heterocycles. The molecule has 0 aliphatic rings. The van der Waals surface area contributed by atoms with Crippen LogP contribution < -0.4 is 5.32 Å². The Morgan fingerprint density at radius 1 is 1.00 bits per heavy atom. The Hall–Kier alpha value is -1.98. The molecule has 1 heterocycles. The highest BCUT2D eigenvalue weighted by Crippen LogP contribution is 2.11. The zero-order chi connectivity index (χ0) is 24.3. The van der Waals surface area contributed by atoms with E-state index < -0.39 is 18.2 Å². The number of carbonyl (C=O) groups excluding carboxylic acids is 2. The Morgan fingerprint density at radius 3 is 2.27 bits per heavy atom. The fraction of sp³-hybridized carbons (Fsp3) is 0.739. The van der Waals surface area contributed by atoms with Crippen LogP contribution in [-0.2, 0) is 41.8 Å². The molecule has 2 atom stereocenters. The van der Waals surface area contributed by atoms with Gasteiger partial charge in [-0.25, -0.2) is 0 Å². The van der Waals surface area contributed by atoms with Crippen LogP contribution in [0.15, 0.2) is 16.5 Å². The van der Waals surface area contributed by atoms with Crippen LogP contribution in [0.4, 0.5) is 0 Å². The van der Waals surface area contributed by atoms with Crippen LogP contribution in [0.5, 0.6) is 0 Å². The molecule has 1 aromatic heterocycles. The zero-order valence-electron chi connectivity index (χ0n) is 19.8. The standard InChI is InChI=1S/C23H39NO9/c1-18(26)32-22(12-25)17-30-16-21-10-9-20(33-21)15-29-13-19(27)14-31-23(28)8-6-4-3-5-7-11-24-2/h9-10,19,22,24-25,27H,3-8,11-17H2,1-2H3. The minimum absolute atomic E-state index is 0.00580. The molecule has 2 unspecified atom stereocenters. The summed E-state index contributed by atoms with van der Waals surface area (Å²) >= 11 is 0. The number of aliphatic hydroxyl groups excluding tert-OH is 2. The third-order valence-corrected chi connectivity index (χ3v) is 4.60. The van der Waals surface area contributed by atoms with Gasteiger partial charge >= 0.3 is 11.9 Å². The number of carbonyl (C=O) groups is 2. The lowest BCUT2D eigenvalue weighted by atomic mass is 10.1. The molecular weight excluding hydrogens is 434 g/mol. The second-order valence-corrected chi connectivity index (χ2v) is 7.77. The first-order valence-corrected chi connectivity index (χ1v) is 11.4. The minimum Gasteiger partial charge on any atom is -0.463 e. The van der Waals surface area contributed by atoms with Crippen molar-refractivity contribution >= 4 is 11.9 Å². The molecule has 0 spiro atoms. The van der Waals surface area contributed by atoms with Crippen molar-refractivity contribution in [3.05, 3.63) is 23.7 Å². The maximum Gasteiger partial charge on any atom is 0.305 e. The largest absolute Gasteiger partial charge is 0.463 e. The van der Waals surface area contributed by atoms with E-state index in [2.05, 4.69) is 5.32 Å². The molecule has 1 aromatic rings. The Balaban J connectivity index is 2.09. The van der Waals surface area contributed by atoms with Crippen molar-refractivity contribution in [2.75, 3.05) is 40.0 Å². The first-order valence-electron chi connectivity index (χ1n) is 11.4. The van der Waals surface area contributed by atoms with Gasteiger partial charge in [-0.3, -0.25) is 9.59 Å². The van der Waals surface area contributed by atoms with Crippen LogP contribution in [0, 0.1) is 0 Å². The number of unbranched alkanes of at least 4 members (excludes halogenated alkanes) is 4. The van der Waals surface area contributed by atoms with E-state index in [1.807, 2.05) is 7.05 Å². The van der Waals surface area contributed by atoms with Crippen LogP contribution in [0.1, 0.15) is 57.0 Å². The van der Waals surface area contributed by atoms with Crippen molar-refractivity contribution in [3.63, 3.8) is 0 Å². The number of nitrogens with one attached hydrogen (secondary N) is 1. The van der Waals surface area contributed by atoms with Crippen molar-refractivity contribution in [2.24, 2.45) is 0 Å². The van der Waals surface area contributed by atoms with E-state index in [1.54, 1.807) is 12.1 Å². The van der Waals surface area contributed by atoms with Crippen molar-refractivity contribution in [1.29, 1.82) is 0 Å². The summed E-state index contributed by atoms with van der Waals surface area (Å²) in [5, 5.41) is 22.1. The van der Waals surface area contributed by atoms with Gasteiger partial charge in [0.15, 0.2) is 0 Å². The smallest absolute Gasteiger partial charge is 0.305 e. The molecule has 0 radical (unpaired) electrons. The van der Waals surface area contributed by atoms with E-state index in [4.69, 9.17) is 28.5 Å². The van der Waals surface area contributed by atoms with Crippen LogP contribution in [-0.4, -0.2) is 74.4 Å². The van der Waals surface area contributed by atoms with Gasteiger partial charge in [-0.05, 0) is 38.6 Å². The molecule has 33 heavy (non-hydrogen) atoms. The van der Waals surface area contributed by atoms with Gasteiger partial charge in [-0.15, -0.1) is 0 Å². The summed E-state index contributed by atoms with van der Waals surface area (Å²) in [4.78, 5) is 22.6. The maximum absolute atomic E-state index is 11.7. The van der Waals surface area contributed by atoms with Gasteiger partial charge in [0, 0.05) is 13.3 Å². The lowest BCUT2D eigenvalue weighted by Gasteiger charge is -2.13. The Labute approximate surface area is 195 Å². The van der Waals surface area contributed by atoms with Crippen LogP contribution in [0.25, 0.3) is 0 Å². The highest BCUT2D eigenvalue weighted by molar-refractivity contribution is 5.69. The second-order valence-electron chi connectivity index (χ2n) is 7.77. The highest BCUT2D eigenvalue weighted by atomic mass is 16.6. The summed E-state index contributed by atoms with van der Waals surface area (Å²) in [6, 6.07) is 3.44. The number of rotatable bonds is 20. The number of hydrogen-bond acceptors (Lipinski definition) is 10. The first-order chi connectivity index (χ1) is 15.9. The summed E-state index contributed by atoms with van der Waals surface area (Å²) in [6.07, 6.45) is 3.91. The van der Waals surface area contributed by atoms with Crippen molar-refractivity contribution < 1.29 is 43.2 Å². The summed E-state index contributed by atoms with van der Waals surface area (Å²) in [5.74, 6) is 0.297. The van der Waals surface area contributed by atoms with Gasteiger partial charge in [-0.2, -0.15) is 0 Å². The number of aliphatic hydroxyl groups is 2. The van der Waals surface area contributed by atoms with E-state index in [0.29, 0.717) is 17.9 Å². The Kier molecular flexibility index (Phi) is 16.2. The van der Waals surface area contributed by atoms with E-state index in [0.717, 1.165) is 38.6 Å². The molecule has 0 aromatic carbocycles. The van der Waals surface area contributed by atoms with Gasteiger partial charge in [0.2, 0.25) is 0 Å². The molecular formula is C23H39NO9. The predicted octanol–water partition coefficient (Wildman–Crippen LogP) is 1.70. The predicted molar refractivity (Wildman–Crippen MR) is 119 cm³/mol. The molecule has 1 rings (SSSR count). The number of hydrogen-bond donors (Lipinski definition) is 3. The summed E-state index contributed by atoms with van der Waals surface area (Å²) in [7, 11) is 1.94. The van der Waals surface area contributed by atoms with Gasteiger partial charge in [0.05, 0.1) is 19.8 Å². The average molecular weight is 474 g/mol. The molecule has 10 heteroatoms. The summed E-state index contributed by atoms with van der Waals surface area (Å²) < 4.78 is 26.3. The molecule has 0 aliphatic carbocycles.